The molecule has 0 heterocycles. The molecule has 0 aliphatic heterocycles. The number of carbonyl (C=O) groups excluding carboxylic acids is 6. The topological polar surface area (TPSA) is 155 Å². The lowest BCUT2D eigenvalue weighted by atomic mass is 10.1. The Labute approximate surface area is 303 Å². The molecule has 2 unspecified atom stereocenters. The Bertz CT molecular complexity index is 1310. The summed E-state index contributed by atoms with van der Waals surface area (Å²) in [6.07, 6.45) is -0.652. The van der Waals surface area contributed by atoms with Crippen LogP contribution in [0.4, 0.5) is 18.4 Å². The van der Waals surface area contributed by atoms with Crippen molar-refractivity contribution in [2.45, 2.75) is 78.7 Å². The zero-order valence-corrected chi connectivity index (χ0v) is 30.3. The second-order valence-electron chi connectivity index (χ2n) is 10.8. The Kier molecular flexibility index (Phi) is 26.8. The third-order valence-corrected chi connectivity index (χ3v) is 6.54. The SMILES string of the molecule is CCOC(=O)CCN(C(=O)OCc1ccccc1)C(CF)CC(C)=O.CCOC(=O)CCNC(CF)CC(C)=O.O=C(Cl)OCc1ccccc1. The molecule has 0 aromatic heterocycles. The number of Topliss-reactive ketones (excluding diaryl/α,β-unsaturated/α-hetero) is 2. The Morgan fingerprint density at radius 3 is 1.63 bits per heavy atom. The summed E-state index contributed by atoms with van der Waals surface area (Å²) in [5, 5.41) is 2.79. The standard InChI is InChI=1S/C18H24FNO5.C10H18FNO3.C8H7ClO2/c1-3-24-17(22)9-10-20(16(12-19)11-14(2)21)18(23)25-13-15-7-5-4-6-8-15;1-3-15-10(14)4-5-12-9(7-11)6-8(2)13;9-8(10)11-6-7-4-2-1-3-5-7/h4-8,16H,3,9-13H2,1-2H3;9,12H,3-7H2,1-2H3;1-5H,6H2. The van der Waals surface area contributed by atoms with Crippen LogP contribution in [0.5, 0.6) is 0 Å². The molecule has 0 fully saturated rings. The van der Waals surface area contributed by atoms with E-state index in [4.69, 9.17) is 25.8 Å². The Morgan fingerprint density at radius 2 is 1.20 bits per heavy atom. The van der Waals surface area contributed by atoms with Crippen LogP contribution in [0.2, 0.25) is 0 Å². The quantitative estimate of drug-likeness (QED) is 0.0923. The molecule has 284 valence electrons. The molecule has 0 bridgehead atoms. The highest BCUT2D eigenvalue weighted by Crippen LogP contribution is 2.12. The number of nitrogens with zero attached hydrogens (tertiary/aromatic N) is 1. The molecule has 2 aromatic rings. The lowest BCUT2D eigenvalue weighted by Crippen LogP contribution is -2.44. The minimum absolute atomic E-state index is 0.0225. The van der Waals surface area contributed by atoms with E-state index in [2.05, 4.69) is 10.1 Å². The minimum Gasteiger partial charge on any atom is -0.466 e. The van der Waals surface area contributed by atoms with Crippen LogP contribution in [0.15, 0.2) is 60.7 Å². The summed E-state index contributed by atoms with van der Waals surface area (Å²) in [5.41, 5.74) is 0.944. The van der Waals surface area contributed by atoms with Gasteiger partial charge in [-0.3, -0.25) is 19.2 Å². The molecule has 0 aliphatic carbocycles. The van der Waals surface area contributed by atoms with Gasteiger partial charge < -0.3 is 29.2 Å². The number of nitrogens with one attached hydrogen (secondary N) is 1. The molecule has 0 aliphatic rings. The maximum atomic E-state index is 13.3. The third-order valence-electron chi connectivity index (χ3n) is 6.43. The van der Waals surface area contributed by atoms with Crippen LogP contribution < -0.4 is 5.32 Å². The molecule has 15 heteroatoms. The van der Waals surface area contributed by atoms with Crippen LogP contribution in [0.1, 0.15) is 64.5 Å². The fraction of sp³-hybridized carbons (Fsp3) is 0.500. The molecule has 2 aromatic carbocycles. The molecular weight excluding hydrogens is 694 g/mol. The van der Waals surface area contributed by atoms with Crippen LogP contribution in [0.3, 0.4) is 0 Å². The van der Waals surface area contributed by atoms with E-state index < -0.39 is 42.9 Å². The molecule has 1 N–H and O–H groups in total. The first kappa shape index (κ1) is 46.6. The van der Waals surface area contributed by atoms with E-state index in [1.165, 1.54) is 13.8 Å². The summed E-state index contributed by atoms with van der Waals surface area (Å²) in [6.45, 7) is 5.71. The number of benzene rings is 2. The van der Waals surface area contributed by atoms with Gasteiger partial charge in [0.25, 0.3) is 0 Å². The lowest BCUT2D eigenvalue weighted by Gasteiger charge is -2.28. The first-order chi connectivity index (χ1) is 24.4. The van der Waals surface area contributed by atoms with Crippen LogP contribution in [-0.2, 0) is 51.3 Å². The van der Waals surface area contributed by atoms with Gasteiger partial charge in [0.15, 0.2) is 0 Å². The predicted molar refractivity (Wildman–Crippen MR) is 186 cm³/mol. The zero-order valence-electron chi connectivity index (χ0n) is 29.6. The highest BCUT2D eigenvalue weighted by atomic mass is 35.5. The number of ether oxygens (including phenoxy) is 4. The fourth-order valence-electron chi connectivity index (χ4n) is 4.10. The van der Waals surface area contributed by atoms with Crippen molar-refractivity contribution in [2.75, 3.05) is 39.7 Å². The molecule has 0 saturated carbocycles. The molecule has 0 saturated heterocycles. The van der Waals surface area contributed by atoms with E-state index in [-0.39, 0.29) is 69.6 Å². The van der Waals surface area contributed by atoms with Crippen molar-refractivity contribution in [3.05, 3.63) is 71.8 Å². The van der Waals surface area contributed by atoms with Crippen LogP contribution in [-0.4, -0.2) is 91.7 Å². The monoisotopic (exact) mass is 742 g/mol. The summed E-state index contributed by atoms with van der Waals surface area (Å²) in [4.78, 5) is 68.1. The van der Waals surface area contributed by atoms with Gasteiger partial charge in [0.05, 0.1) is 32.1 Å². The average molecular weight is 743 g/mol. The molecule has 2 rings (SSSR count). The molecular formula is C36H49ClF2N2O10. The largest absolute Gasteiger partial charge is 0.466 e. The van der Waals surface area contributed by atoms with Crippen molar-refractivity contribution in [1.82, 2.24) is 10.2 Å². The third kappa shape index (κ3) is 25.2. The number of carbonyl (C=O) groups is 6. The maximum absolute atomic E-state index is 13.3. The molecule has 0 radical (unpaired) electrons. The highest BCUT2D eigenvalue weighted by molar-refractivity contribution is 6.61. The molecule has 51 heavy (non-hydrogen) atoms. The van der Waals surface area contributed by atoms with E-state index in [1.54, 1.807) is 26.0 Å². The van der Waals surface area contributed by atoms with Gasteiger partial charge in [-0.2, -0.15) is 0 Å². The molecule has 1 amide bonds. The number of ketones is 2. The predicted octanol–water partition coefficient (Wildman–Crippen LogP) is 6.30. The maximum Gasteiger partial charge on any atom is 0.410 e. The van der Waals surface area contributed by atoms with Crippen LogP contribution >= 0.6 is 11.6 Å². The van der Waals surface area contributed by atoms with E-state index in [9.17, 15) is 37.5 Å². The van der Waals surface area contributed by atoms with Gasteiger partial charge in [-0.05, 0) is 38.8 Å². The van der Waals surface area contributed by atoms with Gasteiger partial charge in [0, 0.05) is 43.6 Å². The lowest BCUT2D eigenvalue weighted by molar-refractivity contribution is -0.144. The summed E-state index contributed by atoms with van der Waals surface area (Å²) in [7, 11) is 0. The molecule has 0 spiro atoms. The Hall–Kier alpha value is -4.43. The Morgan fingerprint density at radius 1 is 0.706 bits per heavy atom. The van der Waals surface area contributed by atoms with E-state index >= 15 is 0 Å². The second kappa shape index (κ2) is 29.3. The van der Waals surface area contributed by atoms with Crippen molar-refractivity contribution in [1.29, 1.82) is 0 Å². The van der Waals surface area contributed by atoms with Crippen LogP contribution in [0.25, 0.3) is 0 Å². The van der Waals surface area contributed by atoms with Gasteiger partial charge in [-0.1, -0.05) is 60.7 Å². The fourth-order valence-corrected chi connectivity index (χ4v) is 4.16. The van der Waals surface area contributed by atoms with Crippen molar-refractivity contribution >= 4 is 46.6 Å². The minimum atomic E-state index is -0.963. The van der Waals surface area contributed by atoms with E-state index in [1.807, 2.05) is 48.5 Å². The van der Waals surface area contributed by atoms with Gasteiger partial charge in [0.1, 0.15) is 38.1 Å². The summed E-state index contributed by atoms with van der Waals surface area (Å²) in [5.74, 6) is -1.13. The summed E-state index contributed by atoms with van der Waals surface area (Å²) in [6, 6.07) is 16.9. The van der Waals surface area contributed by atoms with Gasteiger partial charge in [-0.15, -0.1) is 0 Å². The van der Waals surface area contributed by atoms with Crippen molar-refractivity contribution in [3.8, 4) is 0 Å². The van der Waals surface area contributed by atoms with E-state index in [0.717, 1.165) is 16.0 Å². The normalized spacial score (nSPS) is 11.2. The average Bonchev–Trinajstić information content (AvgIpc) is 3.10. The van der Waals surface area contributed by atoms with Crippen molar-refractivity contribution in [3.63, 3.8) is 0 Å². The molecule has 12 nitrogen and oxygen atoms in total. The summed E-state index contributed by atoms with van der Waals surface area (Å²) < 4.78 is 45.0. The smallest absolute Gasteiger partial charge is 0.410 e. The summed E-state index contributed by atoms with van der Waals surface area (Å²) >= 11 is 4.97. The van der Waals surface area contributed by atoms with Crippen molar-refractivity contribution < 1.29 is 56.5 Å². The number of hydrogen-bond acceptors (Lipinski definition) is 11. The van der Waals surface area contributed by atoms with Gasteiger partial charge >= 0.3 is 23.5 Å². The number of halogens is 3. The first-order valence-electron chi connectivity index (χ1n) is 16.3. The number of hydrogen-bond donors (Lipinski definition) is 1. The van der Waals surface area contributed by atoms with Gasteiger partial charge in [0.2, 0.25) is 0 Å². The number of alkyl halides is 2. The number of rotatable bonds is 20. The second-order valence-corrected chi connectivity index (χ2v) is 11.1. The molecule has 2 atom stereocenters. The number of amides is 1. The van der Waals surface area contributed by atoms with Crippen LogP contribution in [0, 0.1) is 0 Å². The number of esters is 2. The van der Waals surface area contributed by atoms with Crippen molar-refractivity contribution in [2.24, 2.45) is 0 Å². The Balaban J connectivity index is 0.000000813. The highest BCUT2D eigenvalue weighted by Gasteiger charge is 2.27. The zero-order chi connectivity index (χ0) is 38.4. The van der Waals surface area contributed by atoms with E-state index in [0.29, 0.717) is 13.2 Å². The van der Waals surface area contributed by atoms with Gasteiger partial charge in [-0.25, -0.2) is 18.4 Å². The first-order valence-corrected chi connectivity index (χ1v) is 16.7.